The summed E-state index contributed by atoms with van der Waals surface area (Å²) in [6, 6.07) is -0.643. The Morgan fingerprint density at radius 1 is 1.35 bits per heavy atom. The van der Waals surface area contributed by atoms with Crippen molar-refractivity contribution in [1.29, 1.82) is 0 Å². The SMILES string of the molecule is CCCNC(=O)[C@@H](C)NC(=O)Cn1cnc2sc3c(c2c1=O)CCCC3. The van der Waals surface area contributed by atoms with E-state index in [-0.39, 0.29) is 23.9 Å². The molecule has 1 aliphatic rings. The van der Waals surface area contributed by atoms with Crippen molar-refractivity contribution in [3.63, 3.8) is 0 Å². The Morgan fingerprint density at radius 2 is 2.12 bits per heavy atom. The number of fused-ring (bicyclic) bond motifs is 3. The third-order valence-corrected chi connectivity index (χ3v) is 5.78. The standard InChI is InChI=1S/C18H24N4O3S/c1-3-8-19-16(24)11(2)21-14(23)9-22-10-20-17-15(18(22)25)12-6-4-5-7-13(12)26-17/h10-11H,3-9H2,1-2H3,(H,19,24)(H,21,23)/t11-/m1/s1. The van der Waals surface area contributed by atoms with Gasteiger partial charge in [-0.25, -0.2) is 4.98 Å². The highest BCUT2D eigenvalue weighted by Crippen LogP contribution is 2.33. The molecule has 26 heavy (non-hydrogen) atoms. The number of carbonyl (C=O) groups excluding carboxylic acids is 2. The molecule has 8 heteroatoms. The first kappa shape index (κ1) is 18.6. The summed E-state index contributed by atoms with van der Waals surface area (Å²) in [4.78, 5) is 43.3. The van der Waals surface area contributed by atoms with Crippen LogP contribution in [0.1, 0.15) is 43.6 Å². The highest BCUT2D eigenvalue weighted by Gasteiger charge is 2.21. The van der Waals surface area contributed by atoms with Crippen LogP contribution in [0.4, 0.5) is 0 Å². The maximum Gasteiger partial charge on any atom is 0.262 e. The zero-order valence-electron chi connectivity index (χ0n) is 15.1. The summed E-state index contributed by atoms with van der Waals surface area (Å²) < 4.78 is 1.33. The number of hydrogen-bond acceptors (Lipinski definition) is 5. The van der Waals surface area contributed by atoms with E-state index in [4.69, 9.17) is 0 Å². The molecular formula is C18H24N4O3S. The van der Waals surface area contributed by atoms with Crippen molar-refractivity contribution in [3.05, 3.63) is 27.1 Å². The second-order valence-corrected chi connectivity index (χ2v) is 7.73. The Kier molecular flexibility index (Phi) is 5.70. The molecule has 0 unspecified atom stereocenters. The summed E-state index contributed by atoms with van der Waals surface area (Å²) in [6.07, 6.45) is 6.39. The smallest absolute Gasteiger partial charge is 0.262 e. The summed E-state index contributed by atoms with van der Waals surface area (Å²) in [5.41, 5.74) is 0.934. The van der Waals surface area contributed by atoms with Crippen LogP contribution in [0.25, 0.3) is 10.2 Å². The van der Waals surface area contributed by atoms with Gasteiger partial charge in [-0.2, -0.15) is 0 Å². The Labute approximate surface area is 155 Å². The first-order valence-corrected chi connectivity index (χ1v) is 9.89. The minimum absolute atomic E-state index is 0.141. The Balaban J connectivity index is 1.74. The van der Waals surface area contributed by atoms with Gasteiger partial charge in [-0.15, -0.1) is 11.3 Å². The number of aromatic nitrogens is 2. The van der Waals surface area contributed by atoms with Gasteiger partial charge >= 0.3 is 0 Å². The van der Waals surface area contributed by atoms with Crippen molar-refractivity contribution in [2.24, 2.45) is 0 Å². The van der Waals surface area contributed by atoms with Gasteiger partial charge in [0, 0.05) is 11.4 Å². The van der Waals surface area contributed by atoms with Crippen molar-refractivity contribution < 1.29 is 9.59 Å². The second kappa shape index (κ2) is 7.99. The lowest BCUT2D eigenvalue weighted by atomic mass is 9.97. The maximum absolute atomic E-state index is 12.8. The summed E-state index contributed by atoms with van der Waals surface area (Å²) in [5.74, 6) is -0.607. The average Bonchev–Trinajstić information content (AvgIpc) is 3.01. The van der Waals surface area contributed by atoms with Gasteiger partial charge in [0.25, 0.3) is 5.56 Å². The first-order chi connectivity index (χ1) is 12.5. The normalized spacial score (nSPS) is 14.7. The summed E-state index contributed by atoms with van der Waals surface area (Å²) in [7, 11) is 0. The molecule has 0 bridgehead atoms. The molecule has 0 fully saturated rings. The molecule has 1 atom stereocenters. The molecule has 0 aliphatic heterocycles. The topological polar surface area (TPSA) is 93.1 Å². The van der Waals surface area contributed by atoms with Gasteiger partial charge in [-0.05, 0) is 44.6 Å². The number of nitrogens with one attached hydrogen (secondary N) is 2. The van der Waals surface area contributed by atoms with Gasteiger partial charge < -0.3 is 10.6 Å². The number of nitrogens with zero attached hydrogens (tertiary/aromatic N) is 2. The van der Waals surface area contributed by atoms with Crippen LogP contribution in [0, 0.1) is 0 Å². The third-order valence-electron chi connectivity index (χ3n) is 4.58. The van der Waals surface area contributed by atoms with E-state index in [1.165, 1.54) is 15.8 Å². The largest absolute Gasteiger partial charge is 0.354 e. The van der Waals surface area contributed by atoms with E-state index in [0.717, 1.165) is 42.5 Å². The van der Waals surface area contributed by atoms with Crippen molar-refractivity contribution in [3.8, 4) is 0 Å². The molecular weight excluding hydrogens is 352 g/mol. The number of carbonyl (C=O) groups is 2. The quantitative estimate of drug-likeness (QED) is 0.796. The molecule has 0 aromatic carbocycles. The van der Waals surface area contributed by atoms with Crippen LogP contribution < -0.4 is 16.2 Å². The van der Waals surface area contributed by atoms with Gasteiger partial charge in [0.2, 0.25) is 11.8 Å². The van der Waals surface area contributed by atoms with Crippen molar-refractivity contribution in [2.45, 2.75) is 58.5 Å². The number of thiophene rings is 1. The molecule has 0 spiro atoms. The van der Waals surface area contributed by atoms with Crippen LogP contribution >= 0.6 is 11.3 Å². The molecule has 2 aromatic rings. The number of amides is 2. The first-order valence-electron chi connectivity index (χ1n) is 9.08. The minimum atomic E-state index is -0.643. The van der Waals surface area contributed by atoms with Gasteiger partial charge in [0.15, 0.2) is 0 Å². The van der Waals surface area contributed by atoms with E-state index in [1.807, 2.05) is 6.92 Å². The van der Waals surface area contributed by atoms with E-state index in [0.29, 0.717) is 11.9 Å². The lowest BCUT2D eigenvalue weighted by Crippen LogP contribution is -2.46. The zero-order valence-corrected chi connectivity index (χ0v) is 15.9. The van der Waals surface area contributed by atoms with Gasteiger partial charge in [0.1, 0.15) is 17.4 Å². The Hall–Kier alpha value is -2.22. The molecule has 2 amide bonds. The van der Waals surface area contributed by atoms with Crippen LogP contribution in [-0.4, -0.2) is 34.0 Å². The number of aryl methyl sites for hydroxylation is 2. The fourth-order valence-corrected chi connectivity index (χ4v) is 4.42. The molecule has 2 N–H and O–H groups in total. The van der Waals surface area contributed by atoms with Crippen LogP contribution in [0.2, 0.25) is 0 Å². The second-order valence-electron chi connectivity index (χ2n) is 6.65. The van der Waals surface area contributed by atoms with Gasteiger partial charge in [0.05, 0.1) is 11.7 Å². The van der Waals surface area contributed by atoms with Gasteiger partial charge in [-0.1, -0.05) is 6.92 Å². The van der Waals surface area contributed by atoms with E-state index in [2.05, 4.69) is 15.6 Å². The lowest BCUT2D eigenvalue weighted by Gasteiger charge is -2.14. The van der Waals surface area contributed by atoms with Crippen molar-refractivity contribution in [2.75, 3.05) is 6.54 Å². The monoisotopic (exact) mass is 376 g/mol. The fraction of sp³-hybridized carbons (Fsp3) is 0.556. The lowest BCUT2D eigenvalue weighted by molar-refractivity contribution is -0.128. The van der Waals surface area contributed by atoms with E-state index in [9.17, 15) is 14.4 Å². The van der Waals surface area contributed by atoms with Crippen molar-refractivity contribution >= 4 is 33.4 Å². The predicted molar refractivity (Wildman–Crippen MR) is 101 cm³/mol. The highest BCUT2D eigenvalue weighted by molar-refractivity contribution is 7.18. The van der Waals surface area contributed by atoms with Crippen LogP contribution in [0.3, 0.4) is 0 Å². The van der Waals surface area contributed by atoms with Crippen LogP contribution in [-0.2, 0) is 29.0 Å². The van der Waals surface area contributed by atoms with E-state index >= 15 is 0 Å². The van der Waals surface area contributed by atoms with Crippen molar-refractivity contribution in [1.82, 2.24) is 20.2 Å². The van der Waals surface area contributed by atoms with E-state index < -0.39 is 6.04 Å². The molecule has 7 nitrogen and oxygen atoms in total. The predicted octanol–water partition coefficient (Wildman–Crippen LogP) is 1.37. The van der Waals surface area contributed by atoms with E-state index in [1.54, 1.807) is 18.3 Å². The van der Waals surface area contributed by atoms with Crippen LogP contribution in [0.5, 0.6) is 0 Å². The number of rotatable bonds is 6. The minimum Gasteiger partial charge on any atom is -0.354 e. The van der Waals surface area contributed by atoms with Gasteiger partial charge in [-0.3, -0.25) is 19.0 Å². The molecule has 0 radical (unpaired) electrons. The molecule has 0 saturated carbocycles. The molecule has 3 rings (SSSR count). The Bertz CT molecular complexity index is 886. The summed E-state index contributed by atoms with van der Waals surface area (Å²) in [5, 5.41) is 6.03. The molecule has 0 saturated heterocycles. The molecule has 140 valence electrons. The van der Waals surface area contributed by atoms with Crippen LogP contribution in [0.15, 0.2) is 11.1 Å². The molecule has 2 heterocycles. The average molecular weight is 376 g/mol. The Morgan fingerprint density at radius 3 is 2.88 bits per heavy atom. The number of hydrogen-bond donors (Lipinski definition) is 2. The molecule has 1 aliphatic carbocycles. The summed E-state index contributed by atoms with van der Waals surface area (Å²) in [6.45, 7) is 4.02. The highest BCUT2D eigenvalue weighted by atomic mass is 32.1. The maximum atomic E-state index is 12.8. The third kappa shape index (κ3) is 3.80. The molecule has 2 aromatic heterocycles. The fourth-order valence-electron chi connectivity index (χ4n) is 3.20. The zero-order chi connectivity index (χ0) is 18.7. The summed E-state index contributed by atoms with van der Waals surface area (Å²) >= 11 is 1.59.